The summed E-state index contributed by atoms with van der Waals surface area (Å²) in [7, 11) is -2.53. The van der Waals surface area contributed by atoms with Gasteiger partial charge in [-0.1, -0.05) is 81.4 Å². The SMILES string of the molecule is CC(C)(C)[Si](OCC[C@]1(C)OCCC[C@H]1O)(c1ccccc1)c1ccccc1. The molecular formula is C24H34O3Si. The number of rotatable bonds is 6. The van der Waals surface area contributed by atoms with Crippen molar-refractivity contribution in [1.29, 1.82) is 0 Å². The van der Waals surface area contributed by atoms with Crippen molar-refractivity contribution in [3.05, 3.63) is 60.7 Å². The van der Waals surface area contributed by atoms with Crippen LogP contribution in [0.5, 0.6) is 0 Å². The number of benzene rings is 2. The maximum absolute atomic E-state index is 10.5. The molecule has 152 valence electrons. The summed E-state index contributed by atoms with van der Waals surface area (Å²) in [4.78, 5) is 0. The molecule has 1 aliphatic heterocycles. The van der Waals surface area contributed by atoms with E-state index in [9.17, 15) is 5.11 Å². The van der Waals surface area contributed by atoms with E-state index in [1.807, 2.05) is 6.92 Å². The number of ether oxygens (including phenoxy) is 1. The molecule has 1 aliphatic rings. The molecule has 1 heterocycles. The van der Waals surface area contributed by atoms with Crippen LogP contribution in [0.2, 0.25) is 5.04 Å². The summed E-state index contributed by atoms with van der Waals surface area (Å²) in [6, 6.07) is 21.4. The van der Waals surface area contributed by atoms with E-state index in [1.165, 1.54) is 10.4 Å². The van der Waals surface area contributed by atoms with E-state index < -0.39 is 20.0 Å². The summed E-state index contributed by atoms with van der Waals surface area (Å²) < 4.78 is 12.9. The Morgan fingerprint density at radius 2 is 1.57 bits per heavy atom. The van der Waals surface area contributed by atoms with Crippen molar-refractivity contribution < 1.29 is 14.3 Å². The van der Waals surface area contributed by atoms with E-state index in [-0.39, 0.29) is 5.04 Å². The van der Waals surface area contributed by atoms with Gasteiger partial charge in [0.05, 0.1) is 11.7 Å². The summed E-state index contributed by atoms with van der Waals surface area (Å²) in [6.07, 6.45) is 1.99. The second kappa shape index (κ2) is 8.50. The van der Waals surface area contributed by atoms with Crippen LogP contribution in [0.1, 0.15) is 47.0 Å². The van der Waals surface area contributed by atoms with E-state index in [2.05, 4.69) is 81.4 Å². The van der Waals surface area contributed by atoms with Crippen LogP contribution in [0, 0.1) is 0 Å². The maximum atomic E-state index is 10.5. The molecule has 28 heavy (non-hydrogen) atoms. The van der Waals surface area contributed by atoms with Crippen molar-refractivity contribution in [1.82, 2.24) is 0 Å². The molecular weight excluding hydrogens is 364 g/mol. The first-order chi connectivity index (χ1) is 13.3. The molecule has 0 spiro atoms. The lowest BCUT2D eigenvalue weighted by molar-refractivity contribution is -0.150. The van der Waals surface area contributed by atoms with Crippen molar-refractivity contribution in [2.75, 3.05) is 13.2 Å². The lowest BCUT2D eigenvalue weighted by atomic mass is 9.90. The number of aliphatic hydroxyl groups excluding tert-OH is 1. The zero-order valence-electron chi connectivity index (χ0n) is 17.7. The van der Waals surface area contributed by atoms with Gasteiger partial charge in [-0.25, -0.2) is 0 Å². The van der Waals surface area contributed by atoms with Gasteiger partial charge in [-0.3, -0.25) is 0 Å². The highest BCUT2D eigenvalue weighted by Gasteiger charge is 2.50. The molecule has 2 aromatic carbocycles. The van der Waals surface area contributed by atoms with Gasteiger partial charge in [0.25, 0.3) is 8.32 Å². The molecule has 0 amide bonds. The number of aliphatic hydroxyl groups is 1. The molecule has 0 saturated carbocycles. The van der Waals surface area contributed by atoms with Crippen LogP contribution >= 0.6 is 0 Å². The molecule has 2 aromatic rings. The largest absolute Gasteiger partial charge is 0.407 e. The van der Waals surface area contributed by atoms with Crippen LogP contribution < -0.4 is 10.4 Å². The third-order valence-electron chi connectivity index (χ3n) is 6.09. The third kappa shape index (κ3) is 4.11. The first-order valence-corrected chi connectivity index (χ1v) is 12.3. The summed E-state index contributed by atoms with van der Waals surface area (Å²) in [5.74, 6) is 0. The smallest absolute Gasteiger partial charge is 0.261 e. The molecule has 1 N–H and O–H groups in total. The minimum atomic E-state index is -2.53. The average molecular weight is 399 g/mol. The summed E-state index contributed by atoms with van der Waals surface area (Å²) in [5.41, 5.74) is -0.524. The lowest BCUT2D eigenvalue weighted by Crippen LogP contribution is -2.67. The molecule has 2 atom stereocenters. The van der Waals surface area contributed by atoms with Crippen LogP contribution in [-0.4, -0.2) is 38.3 Å². The van der Waals surface area contributed by atoms with Crippen LogP contribution in [0.3, 0.4) is 0 Å². The summed E-state index contributed by atoms with van der Waals surface area (Å²) in [5, 5.41) is 13.0. The first-order valence-electron chi connectivity index (χ1n) is 10.4. The molecule has 3 rings (SSSR count). The summed E-state index contributed by atoms with van der Waals surface area (Å²) in [6.45, 7) is 10.2. The molecule has 4 heteroatoms. The van der Waals surface area contributed by atoms with E-state index in [0.717, 1.165) is 12.8 Å². The second-order valence-electron chi connectivity index (χ2n) is 9.08. The van der Waals surface area contributed by atoms with Crippen molar-refractivity contribution in [2.45, 2.75) is 63.7 Å². The van der Waals surface area contributed by atoms with Gasteiger partial charge in [-0.05, 0) is 35.2 Å². The van der Waals surface area contributed by atoms with E-state index in [1.54, 1.807) is 0 Å². The standard InChI is InChI=1S/C24H34O3Si/c1-23(2,3)28(20-12-7-5-8-13-20,21-14-9-6-10-15-21)27-19-17-24(4)22(25)16-11-18-26-24/h5-10,12-15,22,25H,11,16-19H2,1-4H3/t22-,24+/m1/s1. The molecule has 0 radical (unpaired) electrons. The van der Waals surface area contributed by atoms with Crippen molar-refractivity contribution in [3.8, 4) is 0 Å². The Hall–Kier alpha value is -1.46. The molecule has 0 aliphatic carbocycles. The minimum absolute atomic E-state index is 0.0390. The van der Waals surface area contributed by atoms with Gasteiger partial charge in [-0.2, -0.15) is 0 Å². The van der Waals surface area contributed by atoms with E-state index >= 15 is 0 Å². The normalized spacial score (nSPS) is 23.5. The van der Waals surface area contributed by atoms with Gasteiger partial charge in [0.15, 0.2) is 0 Å². The van der Waals surface area contributed by atoms with Crippen LogP contribution in [0.15, 0.2) is 60.7 Å². The Bertz CT molecular complexity index is 702. The second-order valence-corrected chi connectivity index (χ2v) is 13.4. The molecule has 0 unspecified atom stereocenters. The van der Waals surface area contributed by atoms with Crippen LogP contribution in [-0.2, 0) is 9.16 Å². The Kier molecular flexibility index (Phi) is 6.45. The number of hydrogen-bond donors (Lipinski definition) is 1. The minimum Gasteiger partial charge on any atom is -0.407 e. The highest BCUT2D eigenvalue weighted by atomic mass is 28.4. The van der Waals surface area contributed by atoms with Gasteiger partial charge >= 0.3 is 0 Å². The lowest BCUT2D eigenvalue weighted by Gasteiger charge is -2.44. The predicted molar refractivity (Wildman–Crippen MR) is 118 cm³/mol. The third-order valence-corrected chi connectivity index (χ3v) is 11.1. The molecule has 1 saturated heterocycles. The van der Waals surface area contributed by atoms with Gasteiger partial charge in [-0.15, -0.1) is 0 Å². The first kappa shape index (κ1) is 21.3. The predicted octanol–water partition coefficient (Wildman–Crippen LogP) is 3.88. The zero-order valence-corrected chi connectivity index (χ0v) is 18.7. The van der Waals surface area contributed by atoms with Crippen molar-refractivity contribution in [3.63, 3.8) is 0 Å². The molecule has 0 aromatic heterocycles. The zero-order chi connectivity index (χ0) is 20.3. The fourth-order valence-corrected chi connectivity index (χ4v) is 8.95. The molecule has 3 nitrogen and oxygen atoms in total. The van der Waals surface area contributed by atoms with Crippen LogP contribution in [0.25, 0.3) is 0 Å². The highest BCUT2D eigenvalue weighted by molar-refractivity contribution is 6.99. The Labute approximate surface area is 170 Å². The fraction of sp³-hybridized carbons (Fsp3) is 0.500. The van der Waals surface area contributed by atoms with E-state index in [4.69, 9.17) is 9.16 Å². The van der Waals surface area contributed by atoms with Crippen LogP contribution in [0.4, 0.5) is 0 Å². The average Bonchev–Trinajstić information content (AvgIpc) is 2.68. The maximum Gasteiger partial charge on any atom is 0.261 e. The topological polar surface area (TPSA) is 38.7 Å². The van der Waals surface area contributed by atoms with Crippen molar-refractivity contribution in [2.24, 2.45) is 0 Å². The fourth-order valence-electron chi connectivity index (χ4n) is 4.39. The van der Waals surface area contributed by atoms with Gasteiger partial charge < -0.3 is 14.3 Å². The Morgan fingerprint density at radius 1 is 1.04 bits per heavy atom. The number of hydrogen-bond acceptors (Lipinski definition) is 3. The van der Waals surface area contributed by atoms with Gasteiger partial charge in [0, 0.05) is 19.6 Å². The van der Waals surface area contributed by atoms with Gasteiger partial charge in [0.2, 0.25) is 0 Å². The quantitative estimate of drug-likeness (QED) is 0.751. The monoisotopic (exact) mass is 398 g/mol. The van der Waals surface area contributed by atoms with Gasteiger partial charge in [0.1, 0.15) is 0 Å². The van der Waals surface area contributed by atoms with E-state index in [0.29, 0.717) is 19.6 Å². The van der Waals surface area contributed by atoms with Crippen molar-refractivity contribution >= 4 is 18.7 Å². The molecule has 0 bridgehead atoms. The highest BCUT2D eigenvalue weighted by Crippen LogP contribution is 2.37. The molecule has 1 fully saturated rings. The summed E-state index contributed by atoms with van der Waals surface area (Å²) >= 11 is 0. The Morgan fingerprint density at radius 3 is 2.04 bits per heavy atom. The Balaban J connectivity index is 1.95.